The van der Waals surface area contributed by atoms with Gasteiger partial charge in [0.25, 0.3) is 5.56 Å². The summed E-state index contributed by atoms with van der Waals surface area (Å²) in [5.74, 6) is 0. The van der Waals surface area contributed by atoms with Crippen LogP contribution in [0.4, 0.5) is 0 Å². The molecule has 5 heteroatoms. The first-order chi connectivity index (χ1) is 13.2. The first-order valence-electron chi connectivity index (χ1n) is 9.27. The third-order valence-electron chi connectivity index (χ3n) is 5.47. The van der Waals surface area contributed by atoms with Crippen LogP contribution in [0.3, 0.4) is 0 Å². The Morgan fingerprint density at radius 3 is 2.56 bits per heavy atom. The van der Waals surface area contributed by atoms with Crippen molar-refractivity contribution in [1.29, 1.82) is 5.26 Å². The van der Waals surface area contributed by atoms with Crippen LogP contribution in [0.5, 0.6) is 0 Å². The van der Waals surface area contributed by atoms with E-state index in [1.165, 1.54) is 5.56 Å². The first kappa shape index (κ1) is 15.8. The molecule has 0 aliphatic heterocycles. The zero-order chi connectivity index (χ0) is 18.4. The van der Waals surface area contributed by atoms with Crippen LogP contribution in [0, 0.1) is 11.3 Å². The Morgan fingerprint density at radius 2 is 1.89 bits per heavy atom. The summed E-state index contributed by atoms with van der Waals surface area (Å²) in [6.45, 7) is 0.550. The van der Waals surface area contributed by atoms with E-state index in [4.69, 9.17) is 10.4 Å². The standard InChI is InChI=1S/C22H18N4O/c23-12-14-8-10-15(11-9-14)13-26-21-19(20(25-26)16-4-3-5-16)17-6-1-2-7-18(17)22(27)24-21/h3-5,8-11H,1-2,6-7,13H2,(H,24,27). The van der Waals surface area contributed by atoms with E-state index >= 15 is 0 Å². The average molecular weight is 354 g/mol. The summed E-state index contributed by atoms with van der Waals surface area (Å²) in [5, 5.41) is 14.9. The summed E-state index contributed by atoms with van der Waals surface area (Å²) in [5.41, 5.74) is 6.65. The number of benzene rings is 1. The first-order valence-corrected chi connectivity index (χ1v) is 9.27. The van der Waals surface area contributed by atoms with E-state index in [0.29, 0.717) is 12.1 Å². The van der Waals surface area contributed by atoms with E-state index in [1.807, 2.05) is 35.0 Å². The minimum Gasteiger partial charge on any atom is -0.307 e. The van der Waals surface area contributed by atoms with E-state index in [9.17, 15) is 4.79 Å². The minimum atomic E-state index is 0.0165. The lowest BCUT2D eigenvalue weighted by molar-refractivity contribution is 0.678. The third kappa shape index (κ3) is 2.53. The molecule has 132 valence electrons. The molecule has 0 saturated carbocycles. The van der Waals surface area contributed by atoms with Crippen LogP contribution < -0.4 is 5.56 Å². The zero-order valence-electron chi connectivity index (χ0n) is 14.8. The zero-order valence-corrected chi connectivity index (χ0v) is 14.8. The number of hydrogen-bond donors (Lipinski definition) is 1. The summed E-state index contributed by atoms with van der Waals surface area (Å²) in [7, 11) is 0. The van der Waals surface area contributed by atoms with E-state index in [0.717, 1.165) is 59.1 Å². The number of nitrogens with zero attached hydrogens (tertiary/aromatic N) is 3. The van der Waals surface area contributed by atoms with Crippen LogP contribution in [0.25, 0.3) is 16.6 Å². The molecule has 0 unspecified atom stereocenters. The molecule has 3 aromatic rings. The predicted octanol–water partition coefficient (Wildman–Crippen LogP) is 3.48. The SMILES string of the molecule is N#Cc1ccc(Cn2nc(C3=CC=C3)c3c4c(c(=O)[nH]c32)CCCC4)cc1. The van der Waals surface area contributed by atoms with E-state index in [2.05, 4.69) is 23.2 Å². The number of nitrogens with one attached hydrogen (secondary N) is 1. The van der Waals surface area contributed by atoms with Crippen molar-refractivity contribution in [2.24, 2.45) is 0 Å². The van der Waals surface area contributed by atoms with Crippen molar-refractivity contribution >= 4 is 16.6 Å². The molecule has 1 aromatic carbocycles. The van der Waals surface area contributed by atoms with Gasteiger partial charge in [0.1, 0.15) is 11.3 Å². The van der Waals surface area contributed by atoms with E-state index < -0.39 is 0 Å². The molecule has 0 amide bonds. The Morgan fingerprint density at radius 1 is 1.15 bits per heavy atom. The number of aromatic nitrogens is 3. The second-order valence-electron chi connectivity index (χ2n) is 7.14. The maximum atomic E-state index is 12.7. The van der Waals surface area contributed by atoms with Gasteiger partial charge in [-0.05, 0) is 48.9 Å². The molecule has 0 atom stereocenters. The van der Waals surface area contributed by atoms with Crippen LogP contribution >= 0.6 is 0 Å². The van der Waals surface area contributed by atoms with Crippen molar-refractivity contribution in [2.45, 2.75) is 32.2 Å². The quantitative estimate of drug-likeness (QED) is 0.782. The van der Waals surface area contributed by atoms with Gasteiger partial charge in [0.15, 0.2) is 0 Å². The number of hydrogen-bond acceptors (Lipinski definition) is 3. The van der Waals surface area contributed by atoms with Crippen LogP contribution in [0.1, 0.15) is 40.8 Å². The van der Waals surface area contributed by atoms with Crippen LogP contribution in [0.2, 0.25) is 0 Å². The number of nitriles is 1. The van der Waals surface area contributed by atoms with Crippen molar-refractivity contribution < 1.29 is 0 Å². The highest BCUT2D eigenvalue weighted by atomic mass is 16.1. The molecule has 0 fully saturated rings. The largest absolute Gasteiger partial charge is 0.307 e. The van der Waals surface area contributed by atoms with Gasteiger partial charge in [-0.2, -0.15) is 10.4 Å². The summed E-state index contributed by atoms with van der Waals surface area (Å²) in [6, 6.07) is 9.63. The minimum absolute atomic E-state index is 0.0165. The van der Waals surface area contributed by atoms with Crippen LogP contribution in [-0.4, -0.2) is 14.8 Å². The molecule has 0 saturated heterocycles. The molecule has 2 aliphatic rings. The summed E-state index contributed by atoms with van der Waals surface area (Å²) in [4.78, 5) is 15.8. The Labute approximate surface area is 156 Å². The molecule has 5 rings (SSSR count). The van der Waals surface area contributed by atoms with Gasteiger partial charge in [-0.15, -0.1) is 0 Å². The van der Waals surface area contributed by atoms with Crippen LogP contribution in [0.15, 0.2) is 47.3 Å². The average Bonchev–Trinajstić information content (AvgIpc) is 2.99. The molecule has 2 aliphatic carbocycles. The monoisotopic (exact) mass is 354 g/mol. The maximum Gasteiger partial charge on any atom is 0.253 e. The van der Waals surface area contributed by atoms with Crippen molar-refractivity contribution in [3.8, 4) is 6.07 Å². The predicted molar refractivity (Wildman–Crippen MR) is 104 cm³/mol. The number of rotatable bonds is 3. The van der Waals surface area contributed by atoms with Crippen molar-refractivity contribution in [1.82, 2.24) is 14.8 Å². The third-order valence-corrected chi connectivity index (χ3v) is 5.47. The number of aryl methyl sites for hydroxylation is 1. The smallest absolute Gasteiger partial charge is 0.253 e. The lowest BCUT2D eigenvalue weighted by Gasteiger charge is -2.16. The van der Waals surface area contributed by atoms with Gasteiger partial charge < -0.3 is 4.98 Å². The molecule has 27 heavy (non-hydrogen) atoms. The topological polar surface area (TPSA) is 74.5 Å². The fourth-order valence-corrected chi connectivity index (χ4v) is 4.01. The van der Waals surface area contributed by atoms with Gasteiger partial charge in [-0.1, -0.05) is 30.4 Å². The molecule has 0 spiro atoms. The normalized spacial score (nSPS) is 15.1. The Kier molecular flexibility index (Phi) is 3.58. The molecule has 0 bridgehead atoms. The van der Waals surface area contributed by atoms with Gasteiger partial charge in [0.2, 0.25) is 0 Å². The highest BCUT2D eigenvalue weighted by Gasteiger charge is 2.24. The lowest BCUT2D eigenvalue weighted by Crippen LogP contribution is -2.20. The molecule has 0 radical (unpaired) electrons. The number of H-pyrrole nitrogens is 1. The maximum absolute atomic E-state index is 12.7. The van der Waals surface area contributed by atoms with Crippen molar-refractivity contribution in [2.75, 3.05) is 0 Å². The highest BCUT2D eigenvalue weighted by Crippen LogP contribution is 2.33. The Hall–Kier alpha value is -3.39. The molecular weight excluding hydrogens is 336 g/mol. The van der Waals surface area contributed by atoms with E-state index in [-0.39, 0.29) is 5.56 Å². The van der Waals surface area contributed by atoms with Gasteiger partial charge in [0.05, 0.1) is 18.2 Å². The number of allylic oxidation sites excluding steroid dienone is 4. The van der Waals surface area contributed by atoms with E-state index in [1.54, 1.807) is 0 Å². The fourth-order valence-electron chi connectivity index (χ4n) is 4.01. The van der Waals surface area contributed by atoms with Crippen molar-refractivity contribution in [3.05, 3.63) is 80.8 Å². The van der Waals surface area contributed by atoms with Gasteiger partial charge >= 0.3 is 0 Å². The summed E-state index contributed by atoms with van der Waals surface area (Å²) >= 11 is 0. The summed E-state index contributed by atoms with van der Waals surface area (Å²) < 4.78 is 1.88. The van der Waals surface area contributed by atoms with Gasteiger partial charge in [-0.25, -0.2) is 4.68 Å². The Balaban J connectivity index is 1.69. The second kappa shape index (κ2) is 6.10. The van der Waals surface area contributed by atoms with Crippen molar-refractivity contribution in [3.63, 3.8) is 0 Å². The fraction of sp³-hybridized carbons (Fsp3) is 0.227. The van der Waals surface area contributed by atoms with Gasteiger partial charge in [0, 0.05) is 16.5 Å². The molecule has 2 aromatic heterocycles. The molecule has 2 heterocycles. The van der Waals surface area contributed by atoms with Gasteiger partial charge in [-0.3, -0.25) is 4.79 Å². The number of fused-ring (bicyclic) bond motifs is 3. The Bertz CT molecular complexity index is 1220. The molecule has 5 nitrogen and oxygen atoms in total. The van der Waals surface area contributed by atoms with Crippen LogP contribution in [-0.2, 0) is 19.4 Å². The number of aromatic amines is 1. The highest BCUT2D eigenvalue weighted by molar-refractivity contribution is 5.96. The molecular formula is C22H18N4O. The lowest BCUT2D eigenvalue weighted by atomic mass is 9.89. The second-order valence-corrected chi connectivity index (χ2v) is 7.14. The summed E-state index contributed by atoms with van der Waals surface area (Å²) in [6.07, 6.45) is 10.1. The number of pyridine rings is 1. The molecule has 1 N–H and O–H groups in total.